The average Bonchev–Trinajstić information content (AvgIpc) is 2.62. The van der Waals surface area contributed by atoms with Gasteiger partial charge in [-0.25, -0.2) is 8.42 Å². The molecule has 1 atom stereocenters. The Morgan fingerprint density at radius 2 is 1.81 bits per heavy atom. The quantitative estimate of drug-likeness (QED) is 0.609. The molecule has 1 N–H and O–H groups in total. The summed E-state index contributed by atoms with van der Waals surface area (Å²) < 4.78 is 27.6. The molecule has 1 fully saturated rings. The van der Waals surface area contributed by atoms with Gasteiger partial charge >= 0.3 is 0 Å². The van der Waals surface area contributed by atoms with Gasteiger partial charge in [0, 0.05) is 30.7 Å². The first kappa shape index (κ1) is 20.6. The largest absolute Gasteiger partial charge is 0.313 e. The van der Waals surface area contributed by atoms with Crippen LogP contribution in [-0.4, -0.2) is 37.3 Å². The molecule has 0 aliphatic carbocycles. The third-order valence-corrected chi connectivity index (χ3v) is 6.41. The Kier molecular flexibility index (Phi) is 6.59. The number of nitrogens with zero attached hydrogens (tertiary/aromatic N) is 2. The molecule has 3 rings (SSSR count). The van der Waals surface area contributed by atoms with E-state index in [2.05, 4.69) is 5.32 Å². The molecule has 0 bridgehead atoms. The topological polar surface area (TPSA) is 92.5 Å². The minimum atomic E-state index is -4.06. The second kappa shape index (κ2) is 8.32. The normalized spacial score (nSPS) is 18.1. The SMILES string of the molecule is Cl.O=[N+]([O-])c1ccccc1S(=O)(=O)N1CCNCC1c1ccccc1Cl. The van der Waals surface area contributed by atoms with Crippen LogP contribution in [0.3, 0.4) is 0 Å². The van der Waals surface area contributed by atoms with Gasteiger partial charge in [-0.2, -0.15) is 4.31 Å². The Labute approximate surface area is 162 Å². The molecule has 0 amide bonds. The van der Waals surface area contributed by atoms with Gasteiger partial charge in [0.25, 0.3) is 15.7 Å². The van der Waals surface area contributed by atoms with E-state index in [-0.39, 0.29) is 23.8 Å². The van der Waals surface area contributed by atoms with E-state index in [0.717, 1.165) is 0 Å². The molecule has 0 radical (unpaired) electrons. The van der Waals surface area contributed by atoms with Gasteiger partial charge in [-0.15, -0.1) is 12.4 Å². The van der Waals surface area contributed by atoms with Gasteiger partial charge in [-0.05, 0) is 17.7 Å². The van der Waals surface area contributed by atoms with Crippen LogP contribution in [0.1, 0.15) is 11.6 Å². The Bertz CT molecular complexity index is 908. The molecule has 10 heteroatoms. The van der Waals surface area contributed by atoms with Crippen molar-refractivity contribution < 1.29 is 13.3 Å². The van der Waals surface area contributed by atoms with E-state index >= 15 is 0 Å². The van der Waals surface area contributed by atoms with E-state index in [1.807, 2.05) is 0 Å². The third kappa shape index (κ3) is 3.84. The summed E-state index contributed by atoms with van der Waals surface area (Å²) in [5.74, 6) is 0. The second-order valence-electron chi connectivity index (χ2n) is 5.58. The summed E-state index contributed by atoms with van der Waals surface area (Å²) in [6.45, 7) is 1.04. The fraction of sp³-hybridized carbons (Fsp3) is 0.250. The molecule has 7 nitrogen and oxygen atoms in total. The van der Waals surface area contributed by atoms with Crippen molar-refractivity contribution in [3.8, 4) is 0 Å². The molecule has 1 saturated heterocycles. The van der Waals surface area contributed by atoms with Crippen LogP contribution in [0.25, 0.3) is 0 Å². The smallest absolute Gasteiger partial charge is 0.289 e. The molecule has 26 heavy (non-hydrogen) atoms. The summed E-state index contributed by atoms with van der Waals surface area (Å²) in [6.07, 6.45) is 0. The van der Waals surface area contributed by atoms with Crippen molar-refractivity contribution in [2.24, 2.45) is 0 Å². The fourth-order valence-corrected chi connectivity index (χ4v) is 4.96. The van der Waals surface area contributed by atoms with E-state index in [1.165, 1.54) is 28.6 Å². The molecule has 2 aromatic rings. The summed E-state index contributed by atoms with van der Waals surface area (Å²) >= 11 is 6.24. The van der Waals surface area contributed by atoms with Gasteiger partial charge in [0.05, 0.1) is 11.0 Å². The summed E-state index contributed by atoms with van der Waals surface area (Å²) in [7, 11) is -4.06. The van der Waals surface area contributed by atoms with E-state index in [4.69, 9.17) is 11.6 Å². The van der Waals surface area contributed by atoms with Crippen molar-refractivity contribution in [3.05, 3.63) is 69.2 Å². The predicted molar refractivity (Wildman–Crippen MR) is 101 cm³/mol. The number of nitrogens with one attached hydrogen (secondary N) is 1. The molecule has 1 aliphatic rings. The number of para-hydroxylation sites is 1. The zero-order valence-electron chi connectivity index (χ0n) is 13.5. The zero-order valence-corrected chi connectivity index (χ0v) is 15.9. The molecular formula is C16H17Cl2N3O4S. The molecule has 1 aliphatic heterocycles. The van der Waals surface area contributed by atoms with E-state index in [1.54, 1.807) is 24.3 Å². The number of benzene rings is 2. The molecule has 140 valence electrons. The lowest BCUT2D eigenvalue weighted by atomic mass is 10.1. The van der Waals surface area contributed by atoms with Gasteiger partial charge in [0.2, 0.25) is 0 Å². The summed E-state index contributed by atoms with van der Waals surface area (Å²) in [5.41, 5.74) is 0.234. The van der Waals surface area contributed by atoms with Crippen LogP contribution in [-0.2, 0) is 10.0 Å². The first-order chi connectivity index (χ1) is 11.9. The fourth-order valence-electron chi connectivity index (χ4n) is 2.94. The molecule has 2 aromatic carbocycles. The molecule has 0 saturated carbocycles. The van der Waals surface area contributed by atoms with E-state index in [0.29, 0.717) is 23.7 Å². The highest BCUT2D eigenvalue weighted by Crippen LogP contribution is 2.35. The molecule has 1 heterocycles. The van der Waals surface area contributed by atoms with Gasteiger partial charge in [-0.1, -0.05) is 41.9 Å². The monoisotopic (exact) mass is 417 g/mol. The first-order valence-corrected chi connectivity index (χ1v) is 9.45. The highest BCUT2D eigenvalue weighted by molar-refractivity contribution is 7.89. The maximum Gasteiger partial charge on any atom is 0.289 e. The van der Waals surface area contributed by atoms with Gasteiger partial charge in [-0.3, -0.25) is 10.1 Å². The van der Waals surface area contributed by atoms with Gasteiger partial charge < -0.3 is 5.32 Å². The Morgan fingerprint density at radius 3 is 2.50 bits per heavy atom. The number of piperazine rings is 1. The van der Waals surface area contributed by atoms with Crippen molar-refractivity contribution in [1.29, 1.82) is 0 Å². The van der Waals surface area contributed by atoms with Crippen molar-refractivity contribution in [1.82, 2.24) is 9.62 Å². The number of hydrogen-bond acceptors (Lipinski definition) is 5. The Morgan fingerprint density at radius 1 is 1.15 bits per heavy atom. The van der Waals surface area contributed by atoms with Crippen molar-refractivity contribution in [3.63, 3.8) is 0 Å². The lowest BCUT2D eigenvalue weighted by molar-refractivity contribution is -0.387. The predicted octanol–water partition coefficient (Wildman–Crippen LogP) is 3.01. The van der Waals surface area contributed by atoms with E-state index in [9.17, 15) is 18.5 Å². The highest BCUT2D eigenvalue weighted by atomic mass is 35.5. The Balaban J connectivity index is 0.00000243. The van der Waals surface area contributed by atoms with Gasteiger partial charge in [0.15, 0.2) is 4.90 Å². The number of sulfonamides is 1. The zero-order chi connectivity index (χ0) is 18.0. The number of nitro benzene ring substituents is 1. The standard InChI is InChI=1S/C16H16ClN3O4S.ClH/c17-13-6-2-1-5-12(13)15-11-18-9-10-19(15)25(23,24)16-8-4-3-7-14(16)20(21)22;/h1-8,15,18H,9-11H2;1H. The lowest BCUT2D eigenvalue weighted by Gasteiger charge is -2.35. The van der Waals surface area contributed by atoms with Crippen molar-refractivity contribution >= 4 is 39.7 Å². The molecular weight excluding hydrogens is 401 g/mol. The van der Waals surface area contributed by atoms with E-state index < -0.39 is 26.7 Å². The van der Waals surface area contributed by atoms with Crippen LogP contribution in [0.5, 0.6) is 0 Å². The minimum absolute atomic E-state index is 0. The van der Waals surface area contributed by atoms with Crippen molar-refractivity contribution in [2.75, 3.05) is 19.6 Å². The Hall–Kier alpha value is -1.71. The third-order valence-electron chi connectivity index (χ3n) is 4.11. The lowest BCUT2D eigenvalue weighted by Crippen LogP contribution is -2.48. The van der Waals surface area contributed by atoms with Gasteiger partial charge in [0.1, 0.15) is 0 Å². The number of hydrogen-bond donors (Lipinski definition) is 1. The maximum atomic E-state index is 13.2. The second-order valence-corrected chi connectivity index (χ2v) is 7.85. The summed E-state index contributed by atoms with van der Waals surface area (Å²) in [4.78, 5) is 10.3. The minimum Gasteiger partial charge on any atom is -0.313 e. The van der Waals surface area contributed by atoms with Crippen LogP contribution in [0, 0.1) is 10.1 Å². The maximum absolute atomic E-state index is 13.2. The summed E-state index contributed by atoms with van der Waals surface area (Å²) in [5, 5.41) is 14.9. The summed E-state index contributed by atoms with van der Waals surface area (Å²) in [6, 6.07) is 11.9. The molecule has 0 aromatic heterocycles. The van der Waals surface area contributed by atoms with Crippen LogP contribution in [0.2, 0.25) is 5.02 Å². The number of nitro groups is 1. The molecule has 1 unspecified atom stereocenters. The highest BCUT2D eigenvalue weighted by Gasteiger charge is 2.38. The van der Waals surface area contributed by atoms with Crippen LogP contribution < -0.4 is 5.32 Å². The number of rotatable bonds is 4. The first-order valence-electron chi connectivity index (χ1n) is 7.63. The molecule has 0 spiro atoms. The van der Waals surface area contributed by atoms with Crippen molar-refractivity contribution in [2.45, 2.75) is 10.9 Å². The van der Waals surface area contributed by atoms with Crippen LogP contribution >= 0.6 is 24.0 Å². The van der Waals surface area contributed by atoms with Crippen LogP contribution in [0.4, 0.5) is 5.69 Å². The van der Waals surface area contributed by atoms with Crippen LogP contribution in [0.15, 0.2) is 53.4 Å². The average molecular weight is 418 g/mol. The number of halogens is 2.